The van der Waals surface area contributed by atoms with Crippen LogP contribution >= 0.6 is 0 Å². The fraction of sp³-hybridized carbons (Fsp3) is 0.409. The van der Waals surface area contributed by atoms with E-state index >= 15 is 0 Å². The number of ether oxygens (including phenoxy) is 1. The van der Waals surface area contributed by atoms with Crippen molar-refractivity contribution in [3.8, 4) is 5.75 Å². The molecule has 0 saturated carbocycles. The molecule has 5 nitrogen and oxygen atoms in total. The van der Waals surface area contributed by atoms with Crippen molar-refractivity contribution in [3.63, 3.8) is 0 Å². The number of rotatable bonds is 7. The Kier molecular flexibility index (Phi) is 6.58. The molecule has 1 amide bonds. The number of carbonyl (C=O) groups excluding carboxylic acids is 1. The number of nitrogens with one attached hydrogen (secondary N) is 1. The lowest BCUT2D eigenvalue weighted by Gasteiger charge is -2.36. The Morgan fingerprint density at radius 2 is 1.74 bits per heavy atom. The van der Waals surface area contributed by atoms with Crippen LogP contribution in [0.25, 0.3) is 0 Å². The summed E-state index contributed by atoms with van der Waals surface area (Å²) in [6.07, 6.45) is 0.518. The molecule has 0 spiro atoms. The summed E-state index contributed by atoms with van der Waals surface area (Å²) in [5.74, 6) is 1.14. The first-order valence-electron chi connectivity index (χ1n) is 9.73. The van der Waals surface area contributed by atoms with E-state index in [9.17, 15) is 4.79 Å². The first-order valence-corrected chi connectivity index (χ1v) is 9.73. The second-order valence-electron chi connectivity index (χ2n) is 6.76. The number of aryl methyl sites for hydroxylation is 1. The summed E-state index contributed by atoms with van der Waals surface area (Å²) in [5.41, 5.74) is 3.42. The van der Waals surface area contributed by atoms with Crippen molar-refractivity contribution in [1.29, 1.82) is 0 Å². The highest BCUT2D eigenvalue weighted by Crippen LogP contribution is 2.28. The lowest BCUT2D eigenvalue weighted by molar-refractivity contribution is -0.131. The fourth-order valence-electron chi connectivity index (χ4n) is 3.43. The number of nitrogens with zero attached hydrogens (tertiary/aromatic N) is 2. The molecular weight excluding hydrogens is 338 g/mol. The summed E-state index contributed by atoms with van der Waals surface area (Å²) in [7, 11) is 0. The number of benzene rings is 2. The molecule has 0 bridgehead atoms. The maximum absolute atomic E-state index is 12.5. The number of carbonyl (C=O) groups is 1. The van der Waals surface area contributed by atoms with Crippen molar-refractivity contribution >= 4 is 17.3 Å². The molecule has 2 aromatic carbocycles. The first-order chi connectivity index (χ1) is 13.2. The lowest BCUT2D eigenvalue weighted by atomic mass is 10.2. The minimum Gasteiger partial charge on any atom is -0.492 e. The Morgan fingerprint density at radius 1 is 1.04 bits per heavy atom. The van der Waals surface area contributed by atoms with E-state index in [0.29, 0.717) is 19.6 Å². The number of amides is 1. The summed E-state index contributed by atoms with van der Waals surface area (Å²) >= 11 is 0. The molecule has 0 unspecified atom stereocenters. The van der Waals surface area contributed by atoms with Gasteiger partial charge in [0.25, 0.3) is 0 Å². The van der Waals surface area contributed by atoms with Crippen molar-refractivity contribution < 1.29 is 9.53 Å². The van der Waals surface area contributed by atoms with Crippen molar-refractivity contribution in [2.24, 2.45) is 0 Å². The molecule has 1 saturated heterocycles. The topological polar surface area (TPSA) is 44.8 Å². The third-order valence-electron chi connectivity index (χ3n) is 4.94. The monoisotopic (exact) mass is 367 g/mol. The van der Waals surface area contributed by atoms with Gasteiger partial charge in [-0.05, 0) is 37.6 Å². The average molecular weight is 367 g/mol. The second kappa shape index (κ2) is 9.31. The Balaban J connectivity index is 1.47. The molecule has 5 heteroatoms. The van der Waals surface area contributed by atoms with Crippen molar-refractivity contribution in [1.82, 2.24) is 4.90 Å². The van der Waals surface area contributed by atoms with E-state index in [1.54, 1.807) is 0 Å². The zero-order chi connectivity index (χ0) is 19.1. The van der Waals surface area contributed by atoms with Crippen LogP contribution in [-0.4, -0.2) is 50.1 Å². The van der Waals surface area contributed by atoms with Crippen LogP contribution in [0, 0.1) is 6.92 Å². The van der Waals surface area contributed by atoms with Gasteiger partial charge in [-0.15, -0.1) is 0 Å². The van der Waals surface area contributed by atoms with Crippen molar-refractivity contribution in [2.45, 2.75) is 20.3 Å². The van der Waals surface area contributed by atoms with Crippen LogP contribution in [-0.2, 0) is 4.79 Å². The van der Waals surface area contributed by atoms with Gasteiger partial charge in [0.05, 0.1) is 12.3 Å². The standard InChI is InChI=1S/C22H29N3O2/c1-3-27-21-11-7-6-10-20(21)24-14-16-25(17-15-24)22(26)12-13-23-19-9-5-4-8-18(19)2/h4-11,23H,3,12-17H2,1-2H3. The predicted molar refractivity (Wildman–Crippen MR) is 111 cm³/mol. The number of piperazine rings is 1. The normalized spacial score (nSPS) is 14.1. The third kappa shape index (κ3) is 4.94. The van der Waals surface area contributed by atoms with Gasteiger partial charge < -0.3 is 19.9 Å². The number of para-hydroxylation sites is 3. The van der Waals surface area contributed by atoms with Gasteiger partial charge in [-0.1, -0.05) is 30.3 Å². The second-order valence-corrected chi connectivity index (χ2v) is 6.76. The summed E-state index contributed by atoms with van der Waals surface area (Å²) in [6.45, 7) is 8.57. The van der Waals surface area contributed by atoms with Gasteiger partial charge in [-0.2, -0.15) is 0 Å². The number of hydrogen-bond donors (Lipinski definition) is 1. The Labute approximate surface area is 161 Å². The van der Waals surface area contributed by atoms with E-state index in [1.807, 2.05) is 48.2 Å². The Bertz CT molecular complexity index is 755. The van der Waals surface area contributed by atoms with E-state index < -0.39 is 0 Å². The molecule has 0 aliphatic carbocycles. The fourth-order valence-corrected chi connectivity index (χ4v) is 3.43. The van der Waals surface area contributed by atoms with E-state index in [-0.39, 0.29) is 5.91 Å². The zero-order valence-electron chi connectivity index (χ0n) is 16.3. The molecule has 1 N–H and O–H groups in total. The minimum atomic E-state index is 0.217. The van der Waals surface area contributed by atoms with Crippen LogP contribution in [0.4, 0.5) is 11.4 Å². The van der Waals surface area contributed by atoms with Crippen LogP contribution < -0.4 is 15.0 Å². The molecule has 1 aliphatic rings. The van der Waals surface area contributed by atoms with Gasteiger partial charge in [0.2, 0.25) is 5.91 Å². The van der Waals surface area contributed by atoms with Crippen LogP contribution in [0.1, 0.15) is 18.9 Å². The summed E-state index contributed by atoms with van der Waals surface area (Å²) in [5, 5.41) is 3.36. The molecule has 1 aliphatic heterocycles. The SMILES string of the molecule is CCOc1ccccc1N1CCN(C(=O)CCNc2ccccc2C)CC1. The van der Waals surface area contributed by atoms with Crippen molar-refractivity contribution in [3.05, 3.63) is 54.1 Å². The summed E-state index contributed by atoms with van der Waals surface area (Å²) < 4.78 is 5.74. The highest BCUT2D eigenvalue weighted by molar-refractivity contribution is 5.77. The molecule has 144 valence electrons. The van der Waals surface area contributed by atoms with E-state index in [0.717, 1.165) is 43.3 Å². The summed E-state index contributed by atoms with van der Waals surface area (Å²) in [6, 6.07) is 16.3. The Morgan fingerprint density at radius 3 is 2.48 bits per heavy atom. The molecule has 2 aromatic rings. The Hall–Kier alpha value is -2.69. The molecule has 0 atom stereocenters. The molecule has 3 rings (SSSR count). The third-order valence-corrected chi connectivity index (χ3v) is 4.94. The average Bonchev–Trinajstić information content (AvgIpc) is 2.70. The molecule has 1 heterocycles. The number of hydrogen-bond acceptors (Lipinski definition) is 4. The molecular formula is C22H29N3O2. The first kappa shape index (κ1) is 19.1. The zero-order valence-corrected chi connectivity index (χ0v) is 16.3. The highest BCUT2D eigenvalue weighted by Gasteiger charge is 2.22. The van der Waals surface area contributed by atoms with Gasteiger partial charge in [0, 0.05) is 44.8 Å². The van der Waals surface area contributed by atoms with Gasteiger partial charge in [-0.25, -0.2) is 0 Å². The maximum Gasteiger partial charge on any atom is 0.224 e. The molecule has 0 radical (unpaired) electrons. The van der Waals surface area contributed by atoms with Crippen LogP contribution in [0.5, 0.6) is 5.75 Å². The van der Waals surface area contributed by atoms with Gasteiger partial charge in [0.15, 0.2) is 0 Å². The van der Waals surface area contributed by atoms with E-state index in [4.69, 9.17) is 4.74 Å². The molecule has 27 heavy (non-hydrogen) atoms. The smallest absolute Gasteiger partial charge is 0.224 e. The quantitative estimate of drug-likeness (QED) is 0.813. The largest absolute Gasteiger partial charge is 0.492 e. The lowest BCUT2D eigenvalue weighted by Crippen LogP contribution is -2.49. The van der Waals surface area contributed by atoms with Gasteiger partial charge in [-0.3, -0.25) is 4.79 Å². The maximum atomic E-state index is 12.5. The van der Waals surface area contributed by atoms with Gasteiger partial charge in [0.1, 0.15) is 5.75 Å². The van der Waals surface area contributed by atoms with E-state index in [2.05, 4.69) is 29.3 Å². The van der Waals surface area contributed by atoms with Crippen LogP contribution in [0.15, 0.2) is 48.5 Å². The predicted octanol–water partition coefficient (Wildman–Crippen LogP) is 3.54. The molecule has 1 fully saturated rings. The van der Waals surface area contributed by atoms with Crippen LogP contribution in [0.3, 0.4) is 0 Å². The van der Waals surface area contributed by atoms with E-state index in [1.165, 1.54) is 5.56 Å². The van der Waals surface area contributed by atoms with Crippen LogP contribution in [0.2, 0.25) is 0 Å². The minimum absolute atomic E-state index is 0.217. The van der Waals surface area contributed by atoms with Gasteiger partial charge >= 0.3 is 0 Å². The highest BCUT2D eigenvalue weighted by atomic mass is 16.5. The summed E-state index contributed by atoms with van der Waals surface area (Å²) in [4.78, 5) is 16.8. The molecule has 0 aromatic heterocycles. The number of anilines is 2. The van der Waals surface area contributed by atoms with Crippen molar-refractivity contribution in [2.75, 3.05) is 49.5 Å².